The Morgan fingerprint density at radius 2 is 1.83 bits per heavy atom. The molecule has 124 valence electrons. The van der Waals surface area contributed by atoms with Crippen LogP contribution < -0.4 is 4.74 Å². The number of fused-ring (bicyclic) bond motifs is 3. The number of piperidine rings is 3. The van der Waals surface area contributed by atoms with Gasteiger partial charge in [0, 0.05) is 18.8 Å². The second-order valence-corrected chi connectivity index (χ2v) is 6.69. The van der Waals surface area contributed by atoms with E-state index in [1.54, 1.807) is 0 Å². The molecule has 0 spiro atoms. The van der Waals surface area contributed by atoms with E-state index in [4.69, 9.17) is 4.74 Å². The number of benzene rings is 2. The Kier molecular flexibility index (Phi) is 4.26. The van der Waals surface area contributed by atoms with Crippen LogP contribution in [0.25, 0.3) is 6.08 Å². The molecule has 3 heterocycles. The summed E-state index contributed by atoms with van der Waals surface area (Å²) in [6.45, 7) is 2.70. The maximum atomic E-state index is 10.5. The van der Waals surface area contributed by atoms with E-state index in [2.05, 4.69) is 29.2 Å². The Hall–Kier alpha value is -2.26. The van der Waals surface area contributed by atoms with E-state index in [1.165, 1.54) is 0 Å². The number of hydrogen-bond acceptors (Lipinski definition) is 3. The third-order valence-electron chi connectivity index (χ3n) is 5.08. The van der Waals surface area contributed by atoms with Crippen molar-refractivity contribution in [1.82, 2.24) is 4.90 Å². The lowest BCUT2D eigenvalue weighted by molar-refractivity contribution is 0.0215. The van der Waals surface area contributed by atoms with Crippen LogP contribution in [0.1, 0.15) is 24.0 Å². The van der Waals surface area contributed by atoms with Crippen molar-refractivity contribution in [3.8, 4) is 5.75 Å². The minimum Gasteiger partial charge on any atom is -0.489 e. The zero-order valence-electron chi connectivity index (χ0n) is 13.8. The number of ether oxygens (including phenoxy) is 1. The van der Waals surface area contributed by atoms with Crippen LogP contribution in [0.15, 0.2) is 60.3 Å². The zero-order valence-corrected chi connectivity index (χ0v) is 13.8. The van der Waals surface area contributed by atoms with Crippen LogP contribution in [-0.4, -0.2) is 29.2 Å². The highest BCUT2D eigenvalue weighted by molar-refractivity contribution is 5.56. The van der Waals surface area contributed by atoms with E-state index in [0.29, 0.717) is 12.5 Å². The van der Waals surface area contributed by atoms with Gasteiger partial charge in [-0.3, -0.25) is 0 Å². The van der Waals surface area contributed by atoms with Gasteiger partial charge in [-0.15, -0.1) is 0 Å². The summed E-state index contributed by atoms with van der Waals surface area (Å²) in [6, 6.07) is 18.3. The number of aliphatic hydroxyl groups excluding tert-OH is 1. The third kappa shape index (κ3) is 3.17. The van der Waals surface area contributed by atoms with Crippen LogP contribution >= 0.6 is 0 Å². The lowest BCUT2D eigenvalue weighted by atomic mass is 9.83. The maximum Gasteiger partial charge on any atom is 0.120 e. The summed E-state index contributed by atoms with van der Waals surface area (Å²) in [6.07, 6.45) is 4.02. The van der Waals surface area contributed by atoms with Crippen molar-refractivity contribution in [2.75, 3.05) is 13.1 Å². The summed E-state index contributed by atoms with van der Waals surface area (Å²) in [5.41, 5.74) is 3.31. The highest BCUT2D eigenvalue weighted by atomic mass is 16.5. The van der Waals surface area contributed by atoms with Crippen molar-refractivity contribution in [2.24, 2.45) is 5.92 Å². The molecular weight excluding hydrogens is 298 g/mol. The van der Waals surface area contributed by atoms with Gasteiger partial charge in [0.15, 0.2) is 0 Å². The van der Waals surface area contributed by atoms with Crippen molar-refractivity contribution < 1.29 is 9.84 Å². The molecule has 0 unspecified atom stereocenters. The first-order chi connectivity index (χ1) is 11.8. The van der Waals surface area contributed by atoms with Crippen molar-refractivity contribution in [3.63, 3.8) is 0 Å². The average molecular weight is 321 g/mol. The molecule has 0 saturated carbocycles. The fraction of sp³-hybridized carbons (Fsp3) is 0.333. The van der Waals surface area contributed by atoms with Gasteiger partial charge < -0.3 is 14.7 Å². The summed E-state index contributed by atoms with van der Waals surface area (Å²) in [4.78, 5) is 2.32. The largest absolute Gasteiger partial charge is 0.489 e. The van der Waals surface area contributed by atoms with Gasteiger partial charge in [0.1, 0.15) is 12.4 Å². The van der Waals surface area contributed by atoms with Crippen LogP contribution in [0.2, 0.25) is 0 Å². The molecular formula is C21H23NO2. The quantitative estimate of drug-likeness (QED) is 0.932. The van der Waals surface area contributed by atoms with Crippen molar-refractivity contribution >= 4 is 6.08 Å². The number of hydrogen-bond donors (Lipinski definition) is 1. The summed E-state index contributed by atoms with van der Waals surface area (Å²) >= 11 is 0. The standard InChI is InChI=1S/C21H23NO2/c23-21-18-9-11-22(12-10-18)20(21)14-17-7-4-8-19(13-17)24-15-16-5-2-1-3-6-16/h1-8,13-14,18,21,23H,9-12,15H2/b20-14-/t21-/m0/s1. The predicted octanol–water partition coefficient (Wildman–Crippen LogP) is 3.69. The summed E-state index contributed by atoms with van der Waals surface area (Å²) in [5, 5.41) is 10.5. The highest BCUT2D eigenvalue weighted by Crippen LogP contribution is 2.35. The Morgan fingerprint density at radius 1 is 1.04 bits per heavy atom. The van der Waals surface area contributed by atoms with Crippen molar-refractivity contribution in [3.05, 3.63) is 71.4 Å². The Morgan fingerprint density at radius 3 is 2.58 bits per heavy atom. The van der Waals surface area contributed by atoms with Gasteiger partial charge in [0.05, 0.1) is 6.10 Å². The predicted molar refractivity (Wildman–Crippen MR) is 95.5 cm³/mol. The fourth-order valence-corrected chi connectivity index (χ4v) is 3.68. The first-order valence-electron chi connectivity index (χ1n) is 8.71. The van der Waals surface area contributed by atoms with Gasteiger partial charge in [0.25, 0.3) is 0 Å². The normalized spacial score (nSPS) is 24.4. The lowest BCUT2D eigenvalue weighted by Gasteiger charge is -2.45. The zero-order chi connectivity index (χ0) is 16.4. The molecule has 1 atom stereocenters. The van der Waals surface area contributed by atoms with Crippen molar-refractivity contribution in [2.45, 2.75) is 25.6 Å². The SMILES string of the molecule is O[C@@H]1/C(=C/c2cccc(OCc3ccccc3)c2)N2CCC1CC2. The molecule has 3 fully saturated rings. The Bertz CT molecular complexity index is 714. The van der Waals surface area contributed by atoms with E-state index in [0.717, 1.165) is 48.5 Å². The molecule has 0 amide bonds. The van der Waals surface area contributed by atoms with Gasteiger partial charge in [0.2, 0.25) is 0 Å². The third-order valence-corrected chi connectivity index (χ3v) is 5.08. The smallest absolute Gasteiger partial charge is 0.120 e. The minimum atomic E-state index is -0.318. The summed E-state index contributed by atoms with van der Waals surface area (Å²) in [5.74, 6) is 1.29. The number of rotatable bonds is 4. The van der Waals surface area contributed by atoms with Crippen molar-refractivity contribution in [1.29, 1.82) is 0 Å². The van der Waals surface area contributed by atoms with Crippen LogP contribution in [0.5, 0.6) is 5.75 Å². The van der Waals surface area contributed by atoms with E-state index >= 15 is 0 Å². The molecule has 3 nitrogen and oxygen atoms in total. The maximum absolute atomic E-state index is 10.5. The second kappa shape index (κ2) is 6.70. The van der Waals surface area contributed by atoms with Gasteiger partial charge in [-0.25, -0.2) is 0 Å². The van der Waals surface area contributed by atoms with Gasteiger partial charge in [-0.1, -0.05) is 42.5 Å². The number of nitrogens with zero attached hydrogens (tertiary/aromatic N) is 1. The summed E-state index contributed by atoms with van der Waals surface area (Å²) in [7, 11) is 0. The fourth-order valence-electron chi connectivity index (χ4n) is 3.68. The Balaban J connectivity index is 1.49. The lowest BCUT2D eigenvalue weighted by Crippen LogP contribution is -2.48. The first kappa shape index (κ1) is 15.3. The van der Waals surface area contributed by atoms with E-state index < -0.39 is 0 Å². The molecule has 3 heteroatoms. The second-order valence-electron chi connectivity index (χ2n) is 6.69. The molecule has 5 rings (SSSR count). The molecule has 3 aliphatic rings. The topological polar surface area (TPSA) is 32.7 Å². The van der Waals surface area contributed by atoms with Gasteiger partial charge in [-0.05, 0) is 48.1 Å². The van der Waals surface area contributed by atoms with Crippen LogP contribution in [-0.2, 0) is 6.61 Å². The molecule has 3 aliphatic heterocycles. The Labute approximate surface area is 143 Å². The monoisotopic (exact) mass is 321 g/mol. The molecule has 0 aromatic heterocycles. The molecule has 3 saturated heterocycles. The van der Waals surface area contributed by atoms with E-state index in [1.807, 2.05) is 36.4 Å². The average Bonchev–Trinajstić information content (AvgIpc) is 2.65. The first-order valence-corrected chi connectivity index (χ1v) is 8.71. The van der Waals surface area contributed by atoms with Gasteiger partial charge in [-0.2, -0.15) is 0 Å². The van der Waals surface area contributed by atoms with Crippen LogP contribution in [0.4, 0.5) is 0 Å². The molecule has 2 aromatic carbocycles. The molecule has 24 heavy (non-hydrogen) atoms. The molecule has 1 N–H and O–H groups in total. The van der Waals surface area contributed by atoms with E-state index in [9.17, 15) is 5.11 Å². The molecule has 2 aromatic rings. The number of aliphatic hydroxyl groups is 1. The van der Waals surface area contributed by atoms with E-state index in [-0.39, 0.29) is 6.10 Å². The highest BCUT2D eigenvalue weighted by Gasteiger charge is 2.36. The molecule has 2 bridgehead atoms. The van der Waals surface area contributed by atoms with Crippen LogP contribution in [0.3, 0.4) is 0 Å². The van der Waals surface area contributed by atoms with Crippen LogP contribution in [0, 0.1) is 5.92 Å². The van der Waals surface area contributed by atoms with Gasteiger partial charge >= 0.3 is 0 Å². The molecule has 0 radical (unpaired) electrons. The molecule has 0 aliphatic carbocycles. The minimum absolute atomic E-state index is 0.318. The summed E-state index contributed by atoms with van der Waals surface area (Å²) < 4.78 is 5.91.